The van der Waals surface area contributed by atoms with Crippen LogP contribution in [-0.4, -0.2) is 50.4 Å². The Bertz CT molecular complexity index is 465. The van der Waals surface area contributed by atoms with Gasteiger partial charge in [0.1, 0.15) is 0 Å². The summed E-state index contributed by atoms with van der Waals surface area (Å²) < 4.78 is 10.7. The van der Waals surface area contributed by atoms with Gasteiger partial charge in [-0.15, -0.1) is 0 Å². The quantitative estimate of drug-likeness (QED) is 0.907. The molecule has 2 amide bonds. The van der Waals surface area contributed by atoms with Crippen molar-refractivity contribution in [3.63, 3.8) is 0 Å². The normalized spacial score (nSPS) is 18.6. The first kappa shape index (κ1) is 15.8. The Labute approximate surface area is 126 Å². The molecule has 1 N–H and O–H groups in total. The second kappa shape index (κ2) is 8.00. The maximum atomic E-state index is 12.3. The third-order valence-corrected chi connectivity index (χ3v) is 3.66. The van der Waals surface area contributed by atoms with E-state index in [1.54, 1.807) is 7.11 Å². The van der Waals surface area contributed by atoms with Gasteiger partial charge in [-0.2, -0.15) is 0 Å². The third kappa shape index (κ3) is 4.72. The molecule has 5 nitrogen and oxygen atoms in total. The fourth-order valence-corrected chi connectivity index (χ4v) is 2.40. The molecule has 0 radical (unpaired) electrons. The SMILES string of the molecule is CCc1cccc(NC(=O)N2CCO[C@H](CCOC)C2)c1. The van der Waals surface area contributed by atoms with Crippen molar-refractivity contribution in [1.82, 2.24) is 4.90 Å². The fourth-order valence-electron chi connectivity index (χ4n) is 2.40. The van der Waals surface area contributed by atoms with Crippen molar-refractivity contribution in [1.29, 1.82) is 0 Å². The molecule has 1 aliphatic rings. The summed E-state index contributed by atoms with van der Waals surface area (Å²) in [6.07, 6.45) is 1.83. The van der Waals surface area contributed by atoms with Gasteiger partial charge >= 0.3 is 6.03 Å². The van der Waals surface area contributed by atoms with Crippen LogP contribution in [0.1, 0.15) is 18.9 Å². The number of methoxy groups -OCH3 is 1. The van der Waals surface area contributed by atoms with Crippen LogP contribution in [0.5, 0.6) is 0 Å². The smallest absolute Gasteiger partial charge is 0.322 e. The average Bonchev–Trinajstić information content (AvgIpc) is 2.53. The van der Waals surface area contributed by atoms with Gasteiger partial charge in [-0.1, -0.05) is 19.1 Å². The molecule has 1 aliphatic heterocycles. The van der Waals surface area contributed by atoms with Crippen molar-refractivity contribution < 1.29 is 14.3 Å². The highest BCUT2D eigenvalue weighted by atomic mass is 16.5. The summed E-state index contributed by atoms with van der Waals surface area (Å²) in [5.74, 6) is 0. The van der Waals surface area contributed by atoms with Gasteiger partial charge in [0.25, 0.3) is 0 Å². The van der Waals surface area contributed by atoms with Gasteiger partial charge in [0.05, 0.1) is 12.7 Å². The van der Waals surface area contributed by atoms with Crippen molar-refractivity contribution in [2.45, 2.75) is 25.9 Å². The molecule has 5 heteroatoms. The van der Waals surface area contributed by atoms with E-state index in [4.69, 9.17) is 9.47 Å². The number of amides is 2. The maximum absolute atomic E-state index is 12.3. The highest BCUT2D eigenvalue weighted by molar-refractivity contribution is 5.89. The Morgan fingerprint density at radius 3 is 3.14 bits per heavy atom. The second-order valence-electron chi connectivity index (χ2n) is 5.20. The summed E-state index contributed by atoms with van der Waals surface area (Å²) in [4.78, 5) is 14.1. The molecule has 0 spiro atoms. The van der Waals surface area contributed by atoms with E-state index < -0.39 is 0 Å². The van der Waals surface area contributed by atoms with Gasteiger partial charge in [-0.3, -0.25) is 0 Å². The van der Waals surface area contributed by atoms with E-state index in [9.17, 15) is 4.79 Å². The molecule has 2 rings (SSSR count). The number of hydrogen-bond donors (Lipinski definition) is 1. The minimum atomic E-state index is -0.0611. The van der Waals surface area contributed by atoms with Gasteiger partial charge < -0.3 is 19.7 Å². The number of hydrogen-bond acceptors (Lipinski definition) is 3. The van der Waals surface area contributed by atoms with Crippen LogP contribution in [0.2, 0.25) is 0 Å². The molecule has 0 unspecified atom stereocenters. The zero-order valence-corrected chi connectivity index (χ0v) is 12.8. The lowest BCUT2D eigenvalue weighted by molar-refractivity contribution is -0.0260. The molecule has 1 heterocycles. The van der Waals surface area contributed by atoms with Gasteiger partial charge in [0.2, 0.25) is 0 Å². The number of urea groups is 1. The van der Waals surface area contributed by atoms with E-state index in [0.717, 1.165) is 18.5 Å². The van der Waals surface area contributed by atoms with Gasteiger partial charge in [0, 0.05) is 32.5 Å². The lowest BCUT2D eigenvalue weighted by Gasteiger charge is -2.33. The first-order valence-corrected chi connectivity index (χ1v) is 7.48. The molecule has 0 aliphatic carbocycles. The predicted molar refractivity (Wildman–Crippen MR) is 82.6 cm³/mol. The maximum Gasteiger partial charge on any atom is 0.322 e. The summed E-state index contributed by atoms with van der Waals surface area (Å²) in [5.41, 5.74) is 2.06. The molecule has 0 saturated carbocycles. The van der Waals surface area contributed by atoms with E-state index in [2.05, 4.69) is 18.3 Å². The van der Waals surface area contributed by atoms with Crippen LogP contribution in [0.25, 0.3) is 0 Å². The van der Waals surface area contributed by atoms with E-state index in [1.165, 1.54) is 5.56 Å². The zero-order valence-electron chi connectivity index (χ0n) is 12.8. The number of nitrogens with one attached hydrogen (secondary N) is 1. The number of morpholine rings is 1. The molecule has 116 valence electrons. The number of anilines is 1. The predicted octanol–water partition coefficient (Wildman–Crippen LogP) is 2.52. The number of ether oxygens (including phenoxy) is 2. The highest BCUT2D eigenvalue weighted by Gasteiger charge is 2.24. The minimum absolute atomic E-state index is 0.0611. The van der Waals surface area contributed by atoms with Crippen LogP contribution < -0.4 is 5.32 Å². The number of nitrogens with zero attached hydrogens (tertiary/aromatic N) is 1. The Morgan fingerprint density at radius 1 is 1.52 bits per heavy atom. The van der Waals surface area contributed by atoms with Gasteiger partial charge in [-0.25, -0.2) is 4.79 Å². The number of rotatable bonds is 5. The van der Waals surface area contributed by atoms with Crippen molar-refractivity contribution in [3.8, 4) is 0 Å². The Balaban J connectivity index is 1.89. The van der Waals surface area contributed by atoms with Crippen LogP contribution in [0, 0.1) is 0 Å². The Hall–Kier alpha value is -1.59. The molecule has 1 aromatic carbocycles. The lowest BCUT2D eigenvalue weighted by Crippen LogP contribution is -2.47. The molecule has 1 aromatic rings. The molecule has 1 fully saturated rings. The van der Waals surface area contributed by atoms with Gasteiger partial charge in [-0.05, 0) is 30.5 Å². The number of benzene rings is 1. The summed E-state index contributed by atoms with van der Waals surface area (Å²) in [6.45, 7) is 4.57. The number of carbonyl (C=O) groups excluding carboxylic acids is 1. The molecular formula is C16H24N2O3. The largest absolute Gasteiger partial charge is 0.385 e. The molecule has 21 heavy (non-hydrogen) atoms. The van der Waals surface area contributed by atoms with Crippen LogP contribution in [-0.2, 0) is 15.9 Å². The molecule has 1 atom stereocenters. The summed E-state index contributed by atoms with van der Waals surface area (Å²) in [7, 11) is 1.67. The minimum Gasteiger partial charge on any atom is -0.385 e. The molecular weight excluding hydrogens is 268 g/mol. The Kier molecular flexibility index (Phi) is 6.02. The topological polar surface area (TPSA) is 50.8 Å². The van der Waals surface area contributed by atoms with Crippen LogP contribution in [0.3, 0.4) is 0 Å². The van der Waals surface area contributed by atoms with E-state index in [1.807, 2.05) is 23.1 Å². The fraction of sp³-hybridized carbons (Fsp3) is 0.562. The van der Waals surface area contributed by atoms with Crippen molar-refractivity contribution in [2.75, 3.05) is 38.7 Å². The molecule has 0 aromatic heterocycles. The van der Waals surface area contributed by atoms with Crippen LogP contribution in [0.15, 0.2) is 24.3 Å². The first-order chi connectivity index (χ1) is 10.2. The summed E-state index contributed by atoms with van der Waals surface area (Å²) in [5, 5.41) is 2.96. The van der Waals surface area contributed by atoms with Crippen molar-refractivity contribution in [2.24, 2.45) is 0 Å². The number of carbonyl (C=O) groups is 1. The highest BCUT2D eigenvalue weighted by Crippen LogP contribution is 2.14. The van der Waals surface area contributed by atoms with Crippen molar-refractivity contribution in [3.05, 3.63) is 29.8 Å². The van der Waals surface area contributed by atoms with E-state index in [-0.39, 0.29) is 12.1 Å². The van der Waals surface area contributed by atoms with Crippen molar-refractivity contribution >= 4 is 11.7 Å². The number of aryl methyl sites for hydroxylation is 1. The summed E-state index contributed by atoms with van der Waals surface area (Å²) >= 11 is 0. The third-order valence-electron chi connectivity index (χ3n) is 3.66. The molecule has 0 bridgehead atoms. The van der Waals surface area contributed by atoms with E-state index in [0.29, 0.717) is 26.3 Å². The monoisotopic (exact) mass is 292 g/mol. The Morgan fingerprint density at radius 2 is 2.38 bits per heavy atom. The lowest BCUT2D eigenvalue weighted by atomic mass is 10.1. The van der Waals surface area contributed by atoms with Crippen LogP contribution in [0.4, 0.5) is 10.5 Å². The standard InChI is InChI=1S/C16H24N2O3/c1-3-13-5-4-6-14(11-13)17-16(19)18-8-10-21-15(12-18)7-9-20-2/h4-6,11,15H,3,7-10,12H2,1-2H3,(H,17,19)/t15-/m1/s1. The first-order valence-electron chi connectivity index (χ1n) is 7.48. The van der Waals surface area contributed by atoms with Crippen LogP contribution >= 0.6 is 0 Å². The second-order valence-corrected chi connectivity index (χ2v) is 5.20. The van der Waals surface area contributed by atoms with Gasteiger partial charge in [0.15, 0.2) is 0 Å². The zero-order chi connectivity index (χ0) is 15.1. The summed E-state index contributed by atoms with van der Waals surface area (Å²) in [6, 6.07) is 7.90. The van der Waals surface area contributed by atoms with E-state index >= 15 is 0 Å². The average molecular weight is 292 g/mol. The molecule has 1 saturated heterocycles.